The van der Waals surface area contributed by atoms with Gasteiger partial charge in [0.05, 0.1) is 11.3 Å². The van der Waals surface area contributed by atoms with Crippen molar-refractivity contribution in [3.63, 3.8) is 0 Å². The Balaban J connectivity index is 1.83. The van der Waals surface area contributed by atoms with Gasteiger partial charge in [-0.05, 0) is 31.2 Å². The third-order valence-electron chi connectivity index (χ3n) is 6.37. The second-order valence-electron chi connectivity index (χ2n) is 8.21. The van der Waals surface area contributed by atoms with Crippen molar-refractivity contribution in [2.45, 2.75) is 75.3 Å². The van der Waals surface area contributed by atoms with Crippen LogP contribution in [-0.4, -0.2) is 15.3 Å². The van der Waals surface area contributed by atoms with Crippen molar-refractivity contribution < 1.29 is 0 Å². The molecule has 1 spiro atoms. The number of aromatic nitrogens is 2. The molecule has 2 aliphatic rings. The molecule has 1 fully saturated rings. The van der Waals surface area contributed by atoms with Gasteiger partial charge < -0.3 is 0 Å². The minimum Gasteiger partial charge on any atom is -0.290 e. The molecule has 4 heteroatoms. The van der Waals surface area contributed by atoms with Crippen molar-refractivity contribution in [1.82, 2.24) is 9.55 Å². The Morgan fingerprint density at radius 1 is 1.15 bits per heavy atom. The van der Waals surface area contributed by atoms with E-state index in [1.807, 2.05) is 11.6 Å². The maximum Gasteiger partial charge on any atom is 0.258 e. The van der Waals surface area contributed by atoms with E-state index in [4.69, 9.17) is 4.98 Å². The Kier molecular flexibility index (Phi) is 5.45. The topological polar surface area (TPSA) is 34.9 Å². The minimum absolute atomic E-state index is 0.00477. The summed E-state index contributed by atoms with van der Waals surface area (Å²) in [6.45, 7) is 2.22. The maximum atomic E-state index is 13.5. The fourth-order valence-corrected chi connectivity index (χ4v) is 5.88. The zero-order valence-corrected chi connectivity index (χ0v) is 17.4. The van der Waals surface area contributed by atoms with Crippen LogP contribution in [0.25, 0.3) is 11.3 Å². The van der Waals surface area contributed by atoms with Crippen molar-refractivity contribution in [1.29, 1.82) is 0 Å². The molecule has 0 atom stereocenters. The standard InChI is InChI=1S/C23H30N2OS/c1-3-4-10-15-27-22-24-20-18-12-7-6-11-17(18)16-23(13-8-5-9-14-23)19(20)21(26)25(22)2/h6-7,11-12H,3-5,8-10,13-16H2,1-2H3. The molecule has 3 nitrogen and oxygen atoms in total. The van der Waals surface area contributed by atoms with Crippen LogP contribution in [0.4, 0.5) is 0 Å². The second kappa shape index (κ2) is 7.83. The van der Waals surface area contributed by atoms with Crippen molar-refractivity contribution >= 4 is 11.8 Å². The van der Waals surface area contributed by atoms with Gasteiger partial charge in [0.2, 0.25) is 0 Å². The van der Waals surface area contributed by atoms with Gasteiger partial charge in [-0.2, -0.15) is 0 Å². The highest BCUT2D eigenvalue weighted by atomic mass is 32.2. The summed E-state index contributed by atoms with van der Waals surface area (Å²) in [5.74, 6) is 1.03. The molecular formula is C23H30N2OS. The summed E-state index contributed by atoms with van der Waals surface area (Å²) in [5.41, 5.74) is 4.71. The summed E-state index contributed by atoms with van der Waals surface area (Å²) >= 11 is 1.74. The van der Waals surface area contributed by atoms with Crippen molar-refractivity contribution in [3.8, 4) is 11.3 Å². The first-order valence-corrected chi connectivity index (χ1v) is 11.5. The van der Waals surface area contributed by atoms with E-state index in [2.05, 4.69) is 31.2 Å². The molecule has 1 aromatic carbocycles. The predicted octanol–water partition coefficient (Wildman–Crippen LogP) is 5.49. The summed E-state index contributed by atoms with van der Waals surface area (Å²) in [7, 11) is 1.91. The van der Waals surface area contributed by atoms with E-state index in [9.17, 15) is 4.79 Å². The Hall–Kier alpha value is -1.55. The van der Waals surface area contributed by atoms with Crippen molar-refractivity contribution in [3.05, 3.63) is 45.7 Å². The average Bonchev–Trinajstić information content (AvgIpc) is 2.69. The van der Waals surface area contributed by atoms with E-state index in [1.54, 1.807) is 11.8 Å². The van der Waals surface area contributed by atoms with Crippen LogP contribution >= 0.6 is 11.8 Å². The van der Waals surface area contributed by atoms with Crippen molar-refractivity contribution in [2.75, 3.05) is 5.75 Å². The summed E-state index contributed by atoms with van der Waals surface area (Å²) in [6, 6.07) is 8.60. The third kappa shape index (κ3) is 3.37. The van der Waals surface area contributed by atoms with Crippen LogP contribution in [-0.2, 0) is 18.9 Å². The number of hydrogen-bond donors (Lipinski definition) is 0. The molecule has 1 heterocycles. The van der Waals surface area contributed by atoms with E-state index in [-0.39, 0.29) is 11.0 Å². The molecule has 144 valence electrons. The van der Waals surface area contributed by atoms with E-state index in [1.165, 1.54) is 49.7 Å². The number of rotatable bonds is 5. The Labute approximate surface area is 166 Å². The largest absolute Gasteiger partial charge is 0.290 e. The van der Waals surface area contributed by atoms with Gasteiger partial charge in [-0.25, -0.2) is 4.98 Å². The Bertz CT molecular complexity index is 880. The third-order valence-corrected chi connectivity index (χ3v) is 7.49. The molecule has 0 saturated heterocycles. The van der Waals surface area contributed by atoms with Crippen LogP contribution in [0.1, 0.15) is 69.4 Å². The highest BCUT2D eigenvalue weighted by Gasteiger charge is 2.43. The Morgan fingerprint density at radius 2 is 1.93 bits per heavy atom. The van der Waals surface area contributed by atoms with Gasteiger partial charge in [-0.1, -0.05) is 75.1 Å². The number of benzene rings is 1. The van der Waals surface area contributed by atoms with Gasteiger partial charge in [0.15, 0.2) is 5.16 Å². The molecule has 2 aromatic rings. The van der Waals surface area contributed by atoms with Crippen LogP contribution in [0, 0.1) is 0 Å². The molecule has 1 saturated carbocycles. The van der Waals surface area contributed by atoms with Crippen LogP contribution in [0.5, 0.6) is 0 Å². The molecule has 0 aliphatic heterocycles. The summed E-state index contributed by atoms with van der Waals surface area (Å²) in [5, 5.41) is 0.873. The van der Waals surface area contributed by atoms with Gasteiger partial charge in [0, 0.05) is 23.8 Å². The van der Waals surface area contributed by atoms with E-state index in [0.717, 1.165) is 41.4 Å². The molecule has 2 aliphatic carbocycles. The molecule has 1 aromatic heterocycles. The number of thioether (sulfide) groups is 1. The molecule has 0 unspecified atom stereocenters. The number of nitrogens with zero attached hydrogens (tertiary/aromatic N) is 2. The van der Waals surface area contributed by atoms with Crippen LogP contribution in [0.3, 0.4) is 0 Å². The average molecular weight is 383 g/mol. The monoisotopic (exact) mass is 382 g/mol. The zero-order chi connectivity index (χ0) is 18.9. The number of fused-ring (bicyclic) bond motifs is 4. The molecule has 0 radical (unpaired) electrons. The lowest BCUT2D eigenvalue weighted by atomic mass is 9.62. The lowest BCUT2D eigenvalue weighted by Gasteiger charge is -2.42. The molecule has 0 N–H and O–H groups in total. The molecule has 0 bridgehead atoms. The fourth-order valence-electron chi connectivity index (χ4n) is 4.91. The minimum atomic E-state index is -0.00477. The molecule has 4 rings (SSSR count). The second-order valence-corrected chi connectivity index (χ2v) is 9.27. The van der Waals surface area contributed by atoms with Crippen LogP contribution in [0.15, 0.2) is 34.2 Å². The lowest BCUT2D eigenvalue weighted by molar-refractivity contribution is 0.283. The van der Waals surface area contributed by atoms with E-state index in [0.29, 0.717) is 0 Å². The van der Waals surface area contributed by atoms with Gasteiger partial charge in [0.25, 0.3) is 5.56 Å². The van der Waals surface area contributed by atoms with Gasteiger partial charge >= 0.3 is 0 Å². The fraction of sp³-hybridized carbons (Fsp3) is 0.565. The maximum absolute atomic E-state index is 13.5. The highest BCUT2D eigenvalue weighted by molar-refractivity contribution is 7.99. The lowest BCUT2D eigenvalue weighted by Crippen LogP contribution is -2.42. The van der Waals surface area contributed by atoms with E-state index >= 15 is 0 Å². The zero-order valence-electron chi connectivity index (χ0n) is 16.6. The summed E-state index contributed by atoms with van der Waals surface area (Å²) in [6.07, 6.45) is 10.6. The number of hydrogen-bond acceptors (Lipinski definition) is 3. The van der Waals surface area contributed by atoms with Crippen LogP contribution < -0.4 is 5.56 Å². The first-order valence-electron chi connectivity index (χ1n) is 10.5. The van der Waals surface area contributed by atoms with Crippen molar-refractivity contribution in [2.24, 2.45) is 7.05 Å². The first-order chi connectivity index (χ1) is 13.2. The number of unbranched alkanes of at least 4 members (excludes halogenated alkanes) is 2. The SMILES string of the molecule is CCCCCSc1nc2c(c(=O)n1C)C1(CCCCC1)Cc1ccccc1-2. The van der Waals surface area contributed by atoms with Crippen LogP contribution in [0.2, 0.25) is 0 Å². The highest BCUT2D eigenvalue weighted by Crippen LogP contribution is 2.48. The first kappa shape index (κ1) is 18.8. The molecule has 27 heavy (non-hydrogen) atoms. The quantitative estimate of drug-likeness (QED) is 0.390. The molecule has 0 amide bonds. The summed E-state index contributed by atoms with van der Waals surface area (Å²) < 4.78 is 1.82. The van der Waals surface area contributed by atoms with Gasteiger partial charge in [-0.15, -0.1) is 0 Å². The molecular weight excluding hydrogens is 352 g/mol. The smallest absolute Gasteiger partial charge is 0.258 e. The normalized spacial score (nSPS) is 17.6. The summed E-state index contributed by atoms with van der Waals surface area (Å²) in [4.78, 5) is 18.6. The van der Waals surface area contributed by atoms with Gasteiger partial charge in [-0.3, -0.25) is 9.36 Å². The van der Waals surface area contributed by atoms with E-state index < -0.39 is 0 Å². The Morgan fingerprint density at radius 3 is 2.70 bits per heavy atom. The predicted molar refractivity (Wildman–Crippen MR) is 114 cm³/mol. The van der Waals surface area contributed by atoms with Gasteiger partial charge in [0.1, 0.15) is 0 Å².